The molecule has 0 fully saturated rings. The summed E-state index contributed by atoms with van der Waals surface area (Å²) in [6.45, 7) is 2.99. The van der Waals surface area contributed by atoms with Crippen LogP contribution in [0.2, 0.25) is 0 Å². The molecule has 0 bridgehead atoms. The van der Waals surface area contributed by atoms with Gasteiger partial charge in [0.2, 0.25) is 5.43 Å². The van der Waals surface area contributed by atoms with Crippen molar-refractivity contribution in [3.8, 4) is 5.75 Å². The molecule has 0 spiro atoms. The second-order valence-corrected chi connectivity index (χ2v) is 9.49. The highest BCUT2D eigenvalue weighted by Crippen LogP contribution is 2.38. The highest BCUT2D eigenvalue weighted by Gasteiger charge is 2.39. The minimum Gasteiger partial charge on any atom is -0.502 e. The van der Waals surface area contributed by atoms with Gasteiger partial charge in [-0.2, -0.15) is 0 Å². The average molecular weight is 459 g/mol. The van der Waals surface area contributed by atoms with Crippen LogP contribution in [0.4, 0.5) is 0 Å². The van der Waals surface area contributed by atoms with E-state index in [1.807, 2.05) is 38.1 Å². The van der Waals surface area contributed by atoms with Gasteiger partial charge in [0, 0.05) is 24.8 Å². The van der Waals surface area contributed by atoms with E-state index in [4.69, 9.17) is 0 Å². The van der Waals surface area contributed by atoms with Crippen molar-refractivity contribution in [2.45, 2.75) is 31.8 Å². The number of fused-ring (bicyclic) bond motifs is 3. The minimum absolute atomic E-state index is 0.0172. The highest BCUT2D eigenvalue weighted by molar-refractivity contribution is 5.96. The second kappa shape index (κ2) is 8.65. The van der Waals surface area contributed by atoms with Crippen molar-refractivity contribution in [3.05, 3.63) is 99.0 Å². The Hall–Kier alpha value is -3.58. The average Bonchev–Trinajstić information content (AvgIpc) is 2.98. The maximum atomic E-state index is 13.6. The lowest BCUT2D eigenvalue weighted by atomic mass is 9.94. The molecule has 7 nitrogen and oxygen atoms in total. The third-order valence-corrected chi connectivity index (χ3v) is 6.91. The lowest BCUT2D eigenvalue weighted by Gasteiger charge is -2.46. The van der Waals surface area contributed by atoms with Gasteiger partial charge in [-0.05, 0) is 56.1 Å². The summed E-state index contributed by atoms with van der Waals surface area (Å²) in [4.78, 5) is 29.7. The van der Waals surface area contributed by atoms with Crippen molar-refractivity contribution in [3.63, 3.8) is 0 Å². The van der Waals surface area contributed by atoms with Crippen molar-refractivity contribution in [2.24, 2.45) is 0 Å². The second-order valence-electron chi connectivity index (χ2n) is 9.49. The van der Waals surface area contributed by atoms with E-state index in [0.717, 1.165) is 12.8 Å². The smallest absolute Gasteiger partial charge is 0.278 e. The monoisotopic (exact) mass is 458 g/mol. The molecule has 0 saturated heterocycles. The van der Waals surface area contributed by atoms with Gasteiger partial charge in [0.25, 0.3) is 5.91 Å². The predicted molar refractivity (Wildman–Crippen MR) is 132 cm³/mol. The quantitative estimate of drug-likeness (QED) is 0.651. The predicted octanol–water partition coefficient (Wildman–Crippen LogP) is 2.74. The number of aromatic hydroxyl groups is 1. The third kappa shape index (κ3) is 3.66. The zero-order valence-corrected chi connectivity index (χ0v) is 19.8. The molecule has 1 aliphatic carbocycles. The van der Waals surface area contributed by atoms with E-state index in [9.17, 15) is 14.7 Å². The normalized spacial score (nSPS) is 16.6. The zero-order valence-electron chi connectivity index (χ0n) is 19.8. The van der Waals surface area contributed by atoms with Gasteiger partial charge in [-0.3, -0.25) is 19.3 Å². The van der Waals surface area contributed by atoms with Crippen LogP contribution in [0.15, 0.2) is 65.6 Å². The Kier molecular flexibility index (Phi) is 5.65. The van der Waals surface area contributed by atoms with Crippen LogP contribution in [-0.2, 0) is 12.8 Å². The van der Waals surface area contributed by atoms with Crippen LogP contribution < -0.4 is 10.4 Å². The van der Waals surface area contributed by atoms with E-state index in [-0.39, 0.29) is 23.7 Å². The first-order chi connectivity index (χ1) is 16.4. The Morgan fingerprint density at radius 2 is 1.56 bits per heavy atom. The van der Waals surface area contributed by atoms with Crippen molar-refractivity contribution in [1.82, 2.24) is 14.5 Å². The molecule has 1 unspecified atom stereocenters. The number of aryl methyl sites for hydroxylation is 2. The number of carbonyl (C=O) groups is 1. The molecule has 3 aromatic rings. The van der Waals surface area contributed by atoms with Gasteiger partial charge in [-0.15, -0.1) is 0 Å². The van der Waals surface area contributed by atoms with Crippen LogP contribution in [0, 0.1) is 0 Å². The van der Waals surface area contributed by atoms with E-state index in [0.29, 0.717) is 13.2 Å². The number of rotatable bonds is 4. The molecule has 0 radical (unpaired) electrons. The van der Waals surface area contributed by atoms with Gasteiger partial charge in [0.15, 0.2) is 11.4 Å². The molecular weight excluding hydrogens is 428 g/mol. The molecule has 2 aromatic carbocycles. The number of nitrogens with zero attached hydrogens (tertiary/aromatic N) is 4. The molecular formula is C27H30N4O3. The molecule has 1 N–H and O–H groups in total. The lowest BCUT2D eigenvalue weighted by molar-refractivity contribution is 0.0577. The number of likely N-dealkylation sites (N-methyl/N-ethyl adjacent to an activating group) is 1. The molecule has 1 amide bonds. The summed E-state index contributed by atoms with van der Waals surface area (Å²) in [7, 11) is 3.94. The van der Waals surface area contributed by atoms with Crippen LogP contribution in [0.3, 0.4) is 0 Å². The maximum absolute atomic E-state index is 13.6. The Bertz CT molecular complexity index is 1250. The standard InChI is InChI=1S/C27H30N4O3/c1-18(16-28(2)3)29-17-31(30-15-14-23(32)26(33)25(30)27(29)34)24-21-10-6-4-8-19(21)12-13-20-9-5-7-11-22(20)24/h4-11,14-15,18,24,33H,12-13,16-17H2,1-3H3. The fraction of sp³-hybridized carbons (Fsp3) is 0.333. The van der Waals surface area contributed by atoms with E-state index in [1.54, 1.807) is 15.8 Å². The molecule has 2 heterocycles. The molecule has 34 heavy (non-hydrogen) atoms. The van der Waals surface area contributed by atoms with Crippen molar-refractivity contribution in [1.29, 1.82) is 0 Å². The summed E-state index contributed by atoms with van der Waals surface area (Å²) >= 11 is 0. The largest absolute Gasteiger partial charge is 0.502 e. The fourth-order valence-electron chi connectivity index (χ4n) is 5.34. The molecule has 2 aliphatic rings. The first-order valence-corrected chi connectivity index (χ1v) is 11.7. The molecule has 7 heteroatoms. The van der Waals surface area contributed by atoms with E-state index < -0.39 is 11.2 Å². The number of hydrogen-bond donors (Lipinski definition) is 1. The van der Waals surface area contributed by atoms with E-state index >= 15 is 0 Å². The molecule has 5 rings (SSSR count). The Balaban J connectivity index is 1.74. The van der Waals surface area contributed by atoms with E-state index in [1.165, 1.54) is 28.3 Å². The molecule has 1 atom stereocenters. The number of pyridine rings is 1. The van der Waals surface area contributed by atoms with Crippen LogP contribution in [0.25, 0.3) is 0 Å². The molecule has 0 saturated carbocycles. The first-order valence-electron chi connectivity index (χ1n) is 11.7. The number of carbonyl (C=O) groups excluding carboxylic acids is 1. The van der Waals surface area contributed by atoms with Crippen LogP contribution in [0.1, 0.15) is 45.7 Å². The van der Waals surface area contributed by atoms with Gasteiger partial charge in [0.1, 0.15) is 6.67 Å². The summed E-state index contributed by atoms with van der Waals surface area (Å²) in [5.74, 6) is -0.842. The Morgan fingerprint density at radius 1 is 0.971 bits per heavy atom. The summed E-state index contributed by atoms with van der Waals surface area (Å²) in [5.41, 5.74) is 4.34. The van der Waals surface area contributed by atoms with Gasteiger partial charge < -0.3 is 14.9 Å². The summed E-state index contributed by atoms with van der Waals surface area (Å²) in [5, 5.41) is 12.8. The molecule has 176 valence electrons. The van der Waals surface area contributed by atoms with Crippen molar-refractivity contribution < 1.29 is 9.90 Å². The third-order valence-electron chi connectivity index (χ3n) is 6.91. The topological polar surface area (TPSA) is 69.0 Å². The maximum Gasteiger partial charge on any atom is 0.278 e. The van der Waals surface area contributed by atoms with Gasteiger partial charge in [0.05, 0.1) is 6.04 Å². The number of aromatic nitrogens is 1. The van der Waals surface area contributed by atoms with Gasteiger partial charge in [-0.25, -0.2) is 0 Å². The minimum atomic E-state index is -0.552. The van der Waals surface area contributed by atoms with Crippen molar-refractivity contribution in [2.75, 3.05) is 32.3 Å². The summed E-state index contributed by atoms with van der Waals surface area (Å²) < 4.78 is 1.68. The first kappa shape index (κ1) is 22.2. The van der Waals surface area contributed by atoms with Crippen LogP contribution in [0.5, 0.6) is 5.75 Å². The van der Waals surface area contributed by atoms with Crippen LogP contribution in [-0.4, -0.2) is 58.8 Å². The van der Waals surface area contributed by atoms with Gasteiger partial charge in [-0.1, -0.05) is 48.5 Å². The highest BCUT2D eigenvalue weighted by atomic mass is 16.3. The summed E-state index contributed by atoms with van der Waals surface area (Å²) in [6.07, 6.45) is 3.47. The van der Waals surface area contributed by atoms with E-state index in [2.05, 4.69) is 41.4 Å². The Labute approximate surface area is 199 Å². The SMILES string of the molecule is CC(CN(C)C)N1CN(C2c3ccccc3CCc3ccccc32)n2ccc(=O)c(O)c2C1=O. The summed E-state index contributed by atoms with van der Waals surface area (Å²) in [6, 6.07) is 17.9. The molecule has 1 aliphatic heterocycles. The number of amides is 1. The lowest BCUT2D eigenvalue weighted by Crippen LogP contribution is -2.59. The number of hydrogen-bond acceptors (Lipinski definition) is 5. The van der Waals surface area contributed by atoms with Crippen LogP contribution >= 0.6 is 0 Å². The number of benzene rings is 2. The Morgan fingerprint density at radius 3 is 2.15 bits per heavy atom. The molecule has 1 aromatic heterocycles. The fourth-order valence-corrected chi connectivity index (χ4v) is 5.34. The van der Waals surface area contributed by atoms with Gasteiger partial charge >= 0.3 is 0 Å². The zero-order chi connectivity index (χ0) is 24.0. The van der Waals surface area contributed by atoms with Crippen molar-refractivity contribution >= 4 is 5.91 Å².